The van der Waals surface area contributed by atoms with Crippen molar-refractivity contribution >= 4 is 0 Å². The molecule has 1 aromatic rings. The van der Waals surface area contributed by atoms with Crippen LogP contribution in [0.1, 0.15) is 45.6 Å². The molecule has 0 bridgehead atoms. The summed E-state index contributed by atoms with van der Waals surface area (Å²) in [5.41, 5.74) is 0.381. The van der Waals surface area contributed by atoms with Gasteiger partial charge in [-0.15, -0.1) is 0 Å². The van der Waals surface area contributed by atoms with E-state index < -0.39 is 5.60 Å². The molecule has 1 N–H and O–H groups in total. The summed E-state index contributed by atoms with van der Waals surface area (Å²) in [7, 11) is 0. The molecule has 2 nitrogen and oxygen atoms in total. The third kappa shape index (κ3) is 2.86. The Morgan fingerprint density at radius 1 is 1.17 bits per heavy atom. The maximum atomic E-state index is 10.9. The van der Waals surface area contributed by atoms with Gasteiger partial charge in [0.15, 0.2) is 0 Å². The van der Waals surface area contributed by atoms with E-state index in [9.17, 15) is 5.11 Å². The minimum atomic E-state index is -0.651. The Kier molecular flexibility index (Phi) is 3.96. The van der Waals surface area contributed by atoms with Gasteiger partial charge in [0.25, 0.3) is 0 Å². The second-order valence-electron chi connectivity index (χ2n) is 5.84. The zero-order valence-electron chi connectivity index (χ0n) is 11.6. The van der Waals surface area contributed by atoms with Gasteiger partial charge in [-0.1, -0.05) is 26.0 Å². The first-order chi connectivity index (χ1) is 8.53. The molecule has 1 aromatic carbocycles. The van der Waals surface area contributed by atoms with Gasteiger partial charge in [0.1, 0.15) is 5.75 Å². The minimum absolute atomic E-state index is 0.588. The summed E-state index contributed by atoms with van der Waals surface area (Å²) < 4.78 is 5.44. The molecule has 1 fully saturated rings. The second kappa shape index (κ2) is 5.31. The molecule has 0 saturated heterocycles. The van der Waals surface area contributed by atoms with Crippen molar-refractivity contribution in [3.8, 4) is 5.75 Å². The molecule has 2 atom stereocenters. The summed E-state index contributed by atoms with van der Waals surface area (Å²) in [5, 5.41) is 10.9. The minimum Gasteiger partial charge on any atom is -0.494 e. The second-order valence-corrected chi connectivity index (χ2v) is 5.84. The van der Waals surface area contributed by atoms with Crippen molar-refractivity contribution in [3.05, 3.63) is 29.8 Å². The standard InChI is InChI=1S/C16H24O2/c1-4-18-15-7-5-14(6-8-15)16(17)10-12(2)9-13(3)11-16/h5-8,12-13,17H,4,9-11H2,1-3H3. The molecule has 2 unspecified atom stereocenters. The van der Waals surface area contributed by atoms with Crippen LogP contribution in [0.3, 0.4) is 0 Å². The van der Waals surface area contributed by atoms with Gasteiger partial charge in [0.05, 0.1) is 12.2 Å². The van der Waals surface area contributed by atoms with Crippen LogP contribution in [0, 0.1) is 11.8 Å². The van der Waals surface area contributed by atoms with Crippen LogP contribution in [-0.4, -0.2) is 11.7 Å². The van der Waals surface area contributed by atoms with Crippen molar-refractivity contribution in [1.29, 1.82) is 0 Å². The number of hydrogen-bond acceptors (Lipinski definition) is 2. The van der Waals surface area contributed by atoms with E-state index in [4.69, 9.17) is 4.74 Å². The van der Waals surface area contributed by atoms with Gasteiger partial charge >= 0.3 is 0 Å². The lowest BCUT2D eigenvalue weighted by atomic mass is 9.71. The van der Waals surface area contributed by atoms with Crippen LogP contribution < -0.4 is 4.74 Å². The van der Waals surface area contributed by atoms with E-state index in [2.05, 4.69) is 13.8 Å². The van der Waals surface area contributed by atoms with Gasteiger partial charge in [0.2, 0.25) is 0 Å². The molecule has 0 radical (unpaired) electrons. The Morgan fingerprint density at radius 3 is 2.22 bits per heavy atom. The Morgan fingerprint density at radius 2 is 1.72 bits per heavy atom. The quantitative estimate of drug-likeness (QED) is 0.883. The van der Waals surface area contributed by atoms with E-state index in [0.717, 1.165) is 24.2 Å². The Hall–Kier alpha value is -1.02. The molecular formula is C16H24O2. The van der Waals surface area contributed by atoms with E-state index in [0.29, 0.717) is 18.4 Å². The number of aliphatic hydroxyl groups is 1. The van der Waals surface area contributed by atoms with Gasteiger partial charge in [-0.2, -0.15) is 0 Å². The maximum absolute atomic E-state index is 10.9. The predicted molar refractivity (Wildman–Crippen MR) is 73.7 cm³/mol. The highest BCUT2D eigenvalue weighted by Crippen LogP contribution is 2.42. The topological polar surface area (TPSA) is 29.5 Å². The molecule has 0 heterocycles. The number of hydrogen-bond donors (Lipinski definition) is 1. The molecule has 0 aromatic heterocycles. The van der Waals surface area contributed by atoms with Crippen molar-refractivity contribution in [2.45, 2.75) is 45.6 Å². The molecule has 100 valence electrons. The number of benzene rings is 1. The van der Waals surface area contributed by atoms with Crippen molar-refractivity contribution in [2.75, 3.05) is 6.61 Å². The average Bonchev–Trinajstić information content (AvgIpc) is 2.28. The van der Waals surface area contributed by atoms with Crippen LogP contribution in [-0.2, 0) is 5.60 Å². The zero-order chi connectivity index (χ0) is 13.2. The highest BCUT2D eigenvalue weighted by Gasteiger charge is 2.37. The van der Waals surface area contributed by atoms with Crippen LogP contribution >= 0.6 is 0 Å². The monoisotopic (exact) mass is 248 g/mol. The van der Waals surface area contributed by atoms with Crippen LogP contribution in [0.5, 0.6) is 5.75 Å². The van der Waals surface area contributed by atoms with Gasteiger partial charge < -0.3 is 9.84 Å². The van der Waals surface area contributed by atoms with Gasteiger partial charge in [-0.05, 0) is 55.7 Å². The molecule has 1 aliphatic carbocycles. The molecule has 0 aliphatic heterocycles. The van der Waals surface area contributed by atoms with Crippen molar-refractivity contribution in [3.63, 3.8) is 0 Å². The fraction of sp³-hybridized carbons (Fsp3) is 0.625. The molecule has 0 amide bonds. The van der Waals surface area contributed by atoms with E-state index in [1.54, 1.807) is 0 Å². The average molecular weight is 248 g/mol. The first-order valence-corrected chi connectivity index (χ1v) is 6.99. The zero-order valence-corrected chi connectivity index (χ0v) is 11.6. The Labute approximate surface area is 110 Å². The van der Waals surface area contributed by atoms with Crippen LogP contribution in [0.25, 0.3) is 0 Å². The molecule has 18 heavy (non-hydrogen) atoms. The highest BCUT2D eigenvalue weighted by molar-refractivity contribution is 5.31. The molecule has 2 heteroatoms. The van der Waals surface area contributed by atoms with E-state index in [1.807, 2.05) is 31.2 Å². The molecule has 1 aliphatic rings. The normalized spacial score (nSPS) is 32.2. The van der Waals surface area contributed by atoms with Crippen molar-refractivity contribution in [2.24, 2.45) is 11.8 Å². The van der Waals surface area contributed by atoms with Crippen molar-refractivity contribution in [1.82, 2.24) is 0 Å². The summed E-state index contributed by atoms with van der Waals surface area (Å²) in [4.78, 5) is 0. The first-order valence-electron chi connectivity index (χ1n) is 6.99. The number of rotatable bonds is 3. The van der Waals surface area contributed by atoms with Gasteiger partial charge in [-0.3, -0.25) is 0 Å². The summed E-state index contributed by atoms with van der Waals surface area (Å²) >= 11 is 0. The first kappa shape index (κ1) is 13.4. The SMILES string of the molecule is CCOc1ccc(C2(O)CC(C)CC(C)C2)cc1. The molecular weight excluding hydrogens is 224 g/mol. The third-order valence-corrected chi connectivity index (χ3v) is 3.88. The highest BCUT2D eigenvalue weighted by atomic mass is 16.5. The van der Waals surface area contributed by atoms with E-state index in [-0.39, 0.29) is 0 Å². The third-order valence-electron chi connectivity index (χ3n) is 3.88. The lowest BCUT2D eigenvalue weighted by Gasteiger charge is -2.39. The van der Waals surface area contributed by atoms with Gasteiger partial charge in [0, 0.05) is 0 Å². The fourth-order valence-electron chi connectivity index (χ4n) is 3.35. The van der Waals surface area contributed by atoms with Crippen LogP contribution in [0.4, 0.5) is 0 Å². The maximum Gasteiger partial charge on any atom is 0.119 e. The fourth-order valence-corrected chi connectivity index (χ4v) is 3.35. The Balaban J connectivity index is 2.18. The van der Waals surface area contributed by atoms with E-state index >= 15 is 0 Å². The van der Waals surface area contributed by atoms with Crippen LogP contribution in [0.15, 0.2) is 24.3 Å². The van der Waals surface area contributed by atoms with Crippen LogP contribution in [0.2, 0.25) is 0 Å². The summed E-state index contributed by atoms with van der Waals surface area (Å²) in [6.45, 7) is 7.12. The summed E-state index contributed by atoms with van der Waals surface area (Å²) in [6.07, 6.45) is 2.95. The smallest absolute Gasteiger partial charge is 0.119 e. The number of ether oxygens (including phenoxy) is 1. The Bertz CT molecular complexity index is 373. The van der Waals surface area contributed by atoms with E-state index in [1.165, 1.54) is 6.42 Å². The largest absolute Gasteiger partial charge is 0.494 e. The summed E-state index contributed by atoms with van der Waals surface area (Å²) in [5.74, 6) is 2.05. The van der Waals surface area contributed by atoms with Crippen molar-refractivity contribution < 1.29 is 9.84 Å². The molecule has 2 rings (SSSR count). The van der Waals surface area contributed by atoms with Gasteiger partial charge in [-0.25, -0.2) is 0 Å². The lowest BCUT2D eigenvalue weighted by molar-refractivity contribution is -0.0363. The lowest BCUT2D eigenvalue weighted by Crippen LogP contribution is -2.35. The predicted octanol–water partition coefficient (Wildman–Crippen LogP) is 3.73. The molecule has 1 saturated carbocycles. The summed E-state index contributed by atoms with van der Waals surface area (Å²) in [6, 6.07) is 7.94. The molecule has 0 spiro atoms.